The molecular formula is C13H20N4S. The van der Waals surface area contributed by atoms with Crippen molar-refractivity contribution in [1.29, 1.82) is 0 Å². The lowest BCUT2D eigenvalue weighted by atomic mass is 9.98. The summed E-state index contributed by atoms with van der Waals surface area (Å²) in [4.78, 5) is 9.79. The Balaban J connectivity index is 1.75. The minimum absolute atomic E-state index is 0.153. The first-order valence-electron chi connectivity index (χ1n) is 6.17. The summed E-state index contributed by atoms with van der Waals surface area (Å²) in [5.74, 6) is 0. The maximum atomic E-state index is 4.48. The lowest BCUT2D eigenvalue weighted by Gasteiger charge is -2.13. The van der Waals surface area contributed by atoms with E-state index in [0.717, 1.165) is 19.6 Å². The van der Waals surface area contributed by atoms with Crippen LogP contribution in [0.1, 0.15) is 30.7 Å². The molecule has 98 valence electrons. The van der Waals surface area contributed by atoms with Gasteiger partial charge in [0, 0.05) is 48.5 Å². The summed E-state index contributed by atoms with van der Waals surface area (Å²) < 4.78 is 2.07. The van der Waals surface area contributed by atoms with Crippen molar-refractivity contribution in [3.8, 4) is 0 Å². The molecule has 0 saturated carbocycles. The highest BCUT2D eigenvalue weighted by Gasteiger charge is 2.17. The molecule has 0 atom stereocenters. The van der Waals surface area contributed by atoms with Gasteiger partial charge in [0.25, 0.3) is 0 Å². The fourth-order valence-electron chi connectivity index (χ4n) is 1.57. The lowest BCUT2D eigenvalue weighted by Crippen LogP contribution is -2.18. The first kappa shape index (κ1) is 13.2. The van der Waals surface area contributed by atoms with Crippen molar-refractivity contribution < 1.29 is 0 Å². The predicted molar refractivity (Wildman–Crippen MR) is 74.7 cm³/mol. The largest absolute Gasteiger partial charge is 0.336 e. The Hall–Kier alpha value is -1.20. The molecule has 5 heteroatoms. The maximum absolute atomic E-state index is 4.48. The van der Waals surface area contributed by atoms with E-state index in [1.165, 1.54) is 9.88 Å². The van der Waals surface area contributed by atoms with E-state index in [2.05, 4.69) is 40.6 Å². The van der Waals surface area contributed by atoms with Crippen molar-refractivity contribution in [3.05, 3.63) is 34.8 Å². The molecule has 4 nitrogen and oxygen atoms in total. The van der Waals surface area contributed by atoms with Gasteiger partial charge in [0.15, 0.2) is 0 Å². The normalized spacial score (nSPS) is 11.9. The second kappa shape index (κ2) is 5.63. The summed E-state index contributed by atoms with van der Waals surface area (Å²) in [7, 11) is 0. The van der Waals surface area contributed by atoms with Crippen LogP contribution < -0.4 is 5.32 Å². The number of hydrogen-bond acceptors (Lipinski definition) is 4. The van der Waals surface area contributed by atoms with Crippen LogP contribution in [0.4, 0.5) is 0 Å². The minimum atomic E-state index is 0.153. The van der Waals surface area contributed by atoms with E-state index >= 15 is 0 Å². The fraction of sp³-hybridized carbons (Fsp3) is 0.538. The molecule has 2 aromatic rings. The molecule has 0 bridgehead atoms. The molecule has 18 heavy (non-hydrogen) atoms. The summed E-state index contributed by atoms with van der Waals surface area (Å²) in [5.41, 5.74) is 0.153. The van der Waals surface area contributed by atoms with E-state index in [1.807, 2.05) is 18.7 Å². The summed E-state index contributed by atoms with van der Waals surface area (Å²) in [6, 6.07) is 0. The zero-order valence-corrected chi connectivity index (χ0v) is 12.0. The van der Waals surface area contributed by atoms with Gasteiger partial charge in [0.2, 0.25) is 0 Å². The van der Waals surface area contributed by atoms with Gasteiger partial charge in [-0.25, -0.2) is 9.97 Å². The summed E-state index contributed by atoms with van der Waals surface area (Å²) in [6.07, 6.45) is 7.60. The summed E-state index contributed by atoms with van der Waals surface area (Å²) >= 11 is 1.79. The van der Waals surface area contributed by atoms with Gasteiger partial charge in [-0.05, 0) is 0 Å². The topological polar surface area (TPSA) is 42.7 Å². The zero-order chi connectivity index (χ0) is 13.0. The summed E-state index contributed by atoms with van der Waals surface area (Å²) in [5, 5.41) is 4.63. The van der Waals surface area contributed by atoms with Crippen molar-refractivity contribution in [2.75, 3.05) is 6.54 Å². The molecular weight excluding hydrogens is 244 g/mol. The Morgan fingerprint density at radius 1 is 1.39 bits per heavy atom. The van der Waals surface area contributed by atoms with Gasteiger partial charge in [-0.1, -0.05) is 20.8 Å². The van der Waals surface area contributed by atoms with E-state index in [4.69, 9.17) is 0 Å². The van der Waals surface area contributed by atoms with Crippen LogP contribution in [-0.4, -0.2) is 21.1 Å². The molecule has 0 aromatic carbocycles. The summed E-state index contributed by atoms with van der Waals surface area (Å²) in [6.45, 7) is 9.37. The molecule has 2 heterocycles. The highest BCUT2D eigenvalue weighted by atomic mass is 32.1. The Bertz CT molecular complexity index is 467. The van der Waals surface area contributed by atoms with Gasteiger partial charge in [0.1, 0.15) is 0 Å². The standard InChI is InChI=1S/C13H20N4S/c1-13(2,3)12-16-9-11(18-12)8-14-4-6-17-7-5-15-10-17/h5,7,9-10,14H,4,6,8H2,1-3H3. The number of imidazole rings is 1. The van der Waals surface area contributed by atoms with Crippen LogP contribution in [-0.2, 0) is 18.5 Å². The van der Waals surface area contributed by atoms with E-state index in [1.54, 1.807) is 17.5 Å². The second-order valence-electron chi connectivity index (χ2n) is 5.36. The molecule has 0 unspecified atom stereocenters. The van der Waals surface area contributed by atoms with Gasteiger partial charge in [-0.15, -0.1) is 11.3 Å². The third kappa shape index (κ3) is 3.65. The first-order valence-corrected chi connectivity index (χ1v) is 6.99. The molecule has 0 saturated heterocycles. The molecule has 0 aliphatic carbocycles. The second-order valence-corrected chi connectivity index (χ2v) is 6.47. The Kier molecular flexibility index (Phi) is 4.14. The maximum Gasteiger partial charge on any atom is 0.0981 e. The smallest absolute Gasteiger partial charge is 0.0981 e. The fourth-order valence-corrected chi connectivity index (χ4v) is 2.51. The van der Waals surface area contributed by atoms with Gasteiger partial charge >= 0.3 is 0 Å². The van der Waals surface area contributed by atoms with Crippen LogP contribution >= 0.6 is 11.3 Å². The van der Waals surface area contributed by atoms with E-state index in [-0.39, 0.29) is 5.41 Å². The van der Waals surface area contributed by atoms with Crippen LogP contribution in [0.25, 0.3) is 0 Å². The Labute approximate surface area is 112 Å². The number of aromatic nitrogens is 3. The van der Waals surface area contributed by atoms with E-state index < -0.39 is 0 Å². The predicted octanol–water partition coefficient (Wildman–Crippen LogP) is 2.43. The average molecular weight is 264 g/mol. The number of rotatable bonds is 5. The third-order valence-corrected chi connectivity index (χ3v) is 4.02. The molecule has 0 aliphatic rings. The van der Waals surface area contributed by atoms with Crippen molar-refractivity contribution in [2.45, 2.75) is 39.3 Å². The third-order valence-electron chi connectivity index (χ3n) is 2.60. The van der Waals surface area contributed by atoms with Gasteiger partial charge < -0.3 is 9.88 Å². The molecule has 0 radical (unpaired) electrons. The number of nitrogens with one attached hydrogen (secondary N) is 1. The molecule has 0 amide bonds. The van der Waals surface area contributed by atoms with E-state index in [9.17, 15) is 0 Å². The lowest BCUT2D eigenvalue weighted by molar-refractivity contribution is 0.585. The SMILES string of the molecule is CC(C)(C)c1ncc(CNCCn2ccnc2)s1. The van der Waals surface area contributed by atoms with Gasteiger partial charge in [0.05, 0.1) is 11.3 Å². The van der Waals surface area contributed by atoms with Crippen LogP contribution in [0.15, 0.2) is 24.9 Å². The van der Waals surface area contributed by atoms with Gasteiger partial charge in [-0.3, -0.25) is 0 Å². The number of thiazole rings is 1. The monoisotopic (exact) mass is 264 g/mol. The molecule has 2 aromatic heterocycles. The van der Waals surface area contributed by atoms with Crippen molar-refractivity contribution in [1.82, 2.24) is 19.9 Å². The Morgan fingerprint density at radius 3 is 2.83 bits per heavy atom. The average Bonchev–Trinajstić information content (AvgIpc) is 2.95. The number of nitrogens with zero attached hydrogens (tertiary/aromatic N) is 3. The van der Waals surface area contributed by atoms with Gasteiger partial charge in [-0.2, -0.15) is 0 Å². The van der Waals surface area contributed by atoms with Crippen LogP contribution in [0, 0.1) is 0 Å². The number of hydrogen-bond donors (Lipinski definition) is 1. The van der Waals surface area contributed by atoms with Crippen molar-refractivity contribution >= 4 is 11.3 Å². The van der Waals surface area contributed by atoms with Crippen molar-refractivity contribution in [3.63, 3.8) is 0 Å². The van der Waals surface area contributed by atoms with Crippen LogP contribution in [0.3, 0.4) is 0 Å². The first-order chi connectivity index (χ1) is 8.55. The minimum Gasteiger partial charge on any atom is -0.336 e. The molecule has 0 spiro atoms. The molecule has 1 N–H and O–H groups in total. The molecule has 0 fully saturated rings. The van der Waals surface area contributed by atoms with Crippen LogP contribution in [0.2, 0.25) is 0 Å². The van der Waals surface area contributed by atoms with Crippen molar-refractivity contribution in [2.24, 2.45) is 0 Å². The van der Waals surface area contributed by atoms with E-state index in [0.29, 0.717) is 0 Å². The quantitative estimate of drug-likeness (QED) is 0.843. The van der Waals surface area contributed by atoms with Crippen LogP contribution in [0.5, 0.6) is 0 Å². The zero-order valence-electron chi connectivity index (χ0n) is 11.2. The molecule has 0 aliphatic heterocycles. The Morgan fingerprint density at radius 2 is 2.22 bits per heavy atom. The highest BCUT2D eigenvalue weighted by Crippen LogP contribution is 2.26. The highest BCUT2D eigenvalue weighted by molar-refractivity contribution is 7.11. The molecule has 2 rings (SSSR count).